The summed E-state index contributed by atoms with van der Waals surface area (Å²) in [5.41, 5.74) is 4.00. The van der Waals surface area contributed by atoms with Crippen LogP contribution in [0.1, 0.15) is 16.7 Å². The van der Waals surface area contributed by atoms with Gasteiger partial charge in [0.2, 0.25) is 0 Å². The molecule has 1 amide bonds. The summed E-state index contributed by atoms with van der Waals surface area (Å²) >= 11 is 0. The summed E-state index contributed by atoms with van der Waals surface area (Å²) in [6.07, 6.45) is 2.85. The van der Waals surface area contributed by atoms with Gasteiger partial charge in [-0.3, -0.25) is 4.79 Å². The number of likely N-dealkylation sites (N-methyl/N-ethyl adjacent to an activating group) is 1. The second kappa shape index (κ2) is 6.06. The molecule has 22 heavy (non-hydrogen) atoms. The van der Waals surface area contributed by atoms with Crippen LogP contribution in [0.2, 0.25) is 0 Å². The fourth-order valence-corrected chi connectivity index (χ4v) is 2.72. The van der Waals surface area contributed by atoms with Gasteiger partial charge in [-0.05, 0) is 41.3 Å². The molecule has 2 aromatic carbocycles. The second-order valence-corrected chi connectivity index (χ2v) is 5.47. The first-order chi connectivity index (χ1) is 10.7. The van der Waals surface area contributed by atoms with Crippen LogP contribution in [0.25, 0.3) is 11.6 Å². The van der Waals surface area contributed by atoms with E-state index >= 15 is 0 Å². The molecule has 1 aliphatic heterocycles. The molecule has 0 saturated heterocycles. The SMILES string of the molecule is COc1ccc(/C=C2\C(=O)N(C)CCc3ccccc32)cc1. The van der Waals surface area contributed by atoms with Crippen LogP contribution in [0.3, 0.4) is 0 Å². The van der Waals surface area contributed by atoms with E-state index in [1.54, 1.807) is 12.0 Å². The molecule has 0 saturated carbocycles. The molecule has 112 valence electrons. The Morgan fingerprint density at radius 1 is 1.09 bits per heavy atom. The highest BCUT2D eigenvalue weighted by molar-refractivity contribution is 6.24. The highest BCUT2D eigenvalue weighted by atomic mass is 16.5. The predicted octanol–water partition coefficient (Wildman–Crippen LogP) is 3.25. The van der Waals surface area contributed by atoms with Gasteiger partial charge in [0.05, 0.1) is 7.11 Å². The standard InChI is InChI=1S/C19H19NO2/c1-20-12-11-15-5-3-4-6-17(15)18(19(20)21)13-14-7-9-16(22-2)10-8-14/h3-10,13H,11-12H2,1-2H3/b18-13-. The Kier molecular flexibility index (Phi) is 3.96. The van der Waals surface area contributed by atoms with E-state index in [-0.39, 0.29) is 5.91 Å². The van der Waals surface area contributed by atoms with Crippen LogP contribution in [0.4, 0.5) is 0 Å². The van der Waals surface area contributed by atoms with E-state index in [1.165, 1.54) is 5.56 Å². The predicted molar refractivity (Wildman–Crippen MR) is 88.6 cm³/mol. The Morgan fingerprint density at radius 2 is 1.82 bits per heavy atom. The lowest BCUT2D eigenvalue weighted by atomic mass is 9.97. The van der Waals surface area contributed by atoms with Gasteiger partial charge in [-0.25, -0.2) is 0 Å². The van der Waals surface area contributed by atoms with Crippen LogP contribution in [0.5, 0.6) is 5.75 Å². The lowest BCUT2D eigenvalue weighted by molar-refractivity contribution is -0.123. The smallest absolute Gasteiger partial charge is 0.254 e. The van der Waals surface area contributed by atoms with Crippen molar-refractivity contribution >= 4 is 17.6 Å². The van der Waals surface area contributed by atoms with Gasteiger partial charge in [-0.2, -0.15) is 0 Å². The number of amides is 1. The van der Waals surface area contributed by atoms with Crippen molar-refractivity contribution in [2.75, 3.05) is 20.7 Å². The molecule has 0 N–H and O–H groups in total. The summed E-state index contributed by atoms with van der Waals surface area (Å²) in [5.74, 6) is 0.882. The Balaban J connectivity index is 2.08. The highest BCUT2D eigenvalue weighted by Crippen LogP contribution is 2.27. The van der Waals surface area contributed by atoms with Crippen molar-refractivity contribution in [3.8, 4) is 5.75 Å². The monoisotopic (exact) mass is 293 g/mol. The number of hydrogen-bond acceptors (Lipinski definition) is 2. The summed E-state index contributed by atoms with van der Waals surface area (Å²) in [7, 11) is 3.50. The first-order valence-electron chi connectivity index (χ1n) is 7.38. The van der Waals surface area contributed by atoms with Crippen LogP contribution in [0, 0.1) is 0 Å². The minimum Gasteiger partial charge on any atom is -0.497 e. The Hall–Kier alpha value is -2.55. The number of carbonyl (C=O) groups excluding carboxylic acids is 1. The number of methoxy groups -OCH3 is 1. The second-order valence-electron chi connectivity index (χ2n) is 5.47. The third-order valence-corrected chi connectivity index (χ3v) is 4.03. The maximum absolute atomic E-state index is 12.7. The molecule has 0 atom stereocenters. The van der Waals surface area contributed by atoms with Gasteiger partial charge in [0.25, 0.3) is 5.91 Å². The number of fused-ring (bicyclic) bond motifs is 1. The van der Waals surface area contributed by atoms with E-state index in [4.69, 9.17) is 4.74 Å². The number of hydrogen-bond donors (Lipinski definition) is 0. The summed E-state index contributed by atoms with van der Waals surface area (Å²) in [6.45, 7) is 0.746. The van der Waals surface area contributed by atoms with E-state index in [0.29, 0.717) is 0 Å². The molecule has 1 heterocycles. The first kappa shape index (κ1) is 14.4. The van der Waals surface area contributed by atoms with Crippen molar-refractivity contribution in [3.63, 3.8) is 0 Å². The van der Waals surface area contributed by atoms with Gasteiger partial charge in [0.1, 0.15) is 5.75 Å². The molecule has 3 rings (SSSR count). The van der Waals surface area contributed by atoms with Crippen LogP contribution in [0.15, 0.2) is 48.5 Å². The quantitative estimate of drug-likeness (QED) is 0.796. The van der Waals surface area contributed by atoms with Gasteiger partial charge in [-0.1, -0.05) is 36.4 Å². The van der Waals surface area contributed by atoms with Gasteiger partial charge >= 0.3 is 0 Å². The van der Waals surface area contributed by atoms with Crippen molar-refractivity contribution in [1.82, 2.24) is 4.90 Å². The molecule has 0 radical (unpaired) electrons. The van der Waals surface area contributed by atoms with Gasteiger partial charge < -0.3 is 9.64 Å². The van der Waals surface area contributed by atoms with Crippen molar-refractivity contribution in [1.29, 1.82) is 0 Å². The van der Waals surface area contributed by atoms with E-state index < -0.39 is 0 Å². The maximum Gasteiger partial charge on any atom is 0.254 e. The van der Waals surface area contributed by atoms with Crippen LogP contribution in [-0.2, 0) is 11.2 Å². The molecule has 0 aromatic heterocycles. The molecular weight excluding hydrogens is 274 g/mol. The lowest BCUT2D eigenvalue weighted by Crippen LogP contribution is -2.27. The summed E-state index contributed by atoms with van der Waals surface area (Å²) in [5, 5.41) is 0. The fourth-order valence-electron chi connectivity index (χ4n) is 2.72. The number of carbonyl (C=O) groups is 1. The van der Waals surface area contributed by atoms with Crippen molar-refractivity contribution < 1.29 is 9.53 Å². The van der Waals surface area contributed by atoms with E-state index in [1.807, 2.05) is 55.6 Å². The third kappa shape index (κ3) is 2.75. The number of ether oxygens (including phenoxy) is 1. The van der Waals surface area contributed by atoms with Gasteiger partial charge in [-0.15, -0.1) is 0 Å². The Bertz CT molecular complexity index is 716. The molecule has 3 nitrogen and oxygen atoms in total. The molecule has 0 fully saturated rings. The van der Waals surface area contributed by atoms with Crippen LogP contribution >= 0.6 is 0 Å². The van der Waals surface area contributed by atoms with E-state index in [2.05, 4.69) is 6.07 Å². The van der Waals surface area contributed by atoms with Gasteiger partial charge in [0.15, 0.2) is 0 Å². The zero-order chi connectivity index (χ0) is 15.5. The van der Waals surface area contributed by atoms with E-state index in [0.717, 1.165) is 35.4 Å². The molecule has 0 unspecified atom stereocenters. The number of nitrogens with zero attached hydrogens (tertiary/aromatic N) is 1. The molecule has 1 aliphatic rings. The topological polar surface area (TPSA) is 29.5 Å². The molecule has 0 bridgehead atoms. The van der Waals surface area contributed by atoms with Gasteiger partial charge in [0, 0.05) is 19.2 Å². The number of rotatable bonds is 2. The maximum atomic E-state index is 12.7. The fraction of sp³-hybridized carbons (Fsp3) is 0.211. The Labute approximate surface area is 130 Å². The number of benzene rings is 2. The molecular formula is C19H19NO2. The zero-order valence-corrected chi connectivity index (χ0v) is 12.9. The highest BCUT2D eigenvalue weighted by Gasteiger charge is 2.22. The zero-order valence-electron chi connectivity index (χ0n) is 12.9. The Morgan fingerprint density at radius 3 is 2.55 bits per heavy atom. The summed E-state index contributed by atoms with van der Waals surface area (Å²) in [6, 6.07) is 15.9. The normalized spacial score (nSPS) is 16.4. The third-order valence-electron chi connectivity index (χ3n) is 4.03. The molecule has 2 aromatic rings. The largest absolute Gasteiger partial charge is 0.497 e. The molecule has 0 spiro atoms. The van der Waals surface area contributed by atoms with Crippen molar-refractivity contribution in [2.24, 2.45) is 0 Å². The van der Waals surface area contributed by atoms with E-state index in [9.17, 15) is 4.79 Å². The average Bonchev–Trinajstić information content (AvgIpc) is 2.68. The average molecular weight is 293 g/mol. The minimum absolute atomic E-state index is 0.0702. The van der Waals surface area contributed by atoms with Crippen LogP contribution in [-0.4, -0.2) is 31.5 Å². The summed E-state index contributed by atoms with van der Waals surface area (Å²) in [4.78, 5) is 14.5. The minimum atomic E-state index is 0.0702. The molecule has 0 aliphatic carbocycles. The van der Waals surface area contributed by atoms with Crippen molar-refractivity contribution in [3.05, 3.63) is 65.2 Å². The van der Waals surface area contributed by atoms with Crippen LogP contribution < -0.4 is 4.74 Å². The van der Waals surface area contributed by atoms with Crippen molar-refractivity contribution in [2.45, 2.75) is 6.42 Å². The summed E-state index contributed by atoms with van der Waals surface area (Å²) < 4.78 is 5.18. The molecule has 3 heteroatoms. The first-order valence-corrected chi connectivity index (χ1v) is 7.38. The lowest BCUT2D eigenvalue weighted by Gasteiger charge is -2.15.